The number of ether oxygens (including phenoxy) is 1. The topological polar surface area (TPSA) is 119 Å². The summed E-state index contributed by atoms with van der Waals surface area (Å²) in [6, 6.07) is 9.69. The summed E-state index contributed by atoms with van der Waals surface area (Å²) in [6.07, 6.45) is 0. The third kappa shape index (κ3) is 5.72. The van der Waals surface area contributed by atoms with Crippen LogP contribution in [0.5, 0.6) is 5.75 Å². The number of anilines is 1. The molecule has 0 unspecified atom stereocenters. The van der Waals surface area contributed by atoms with Crippen LogP contribution in [0, 0.1) is 23.0 Å². The number of benzene rings is 2. The van der Waals surface area contributed by atoms with Crippen molar-refractivity contribution < 1.29 is 22.9 Å². The van der Waals surface area contributed by atoms with Gasteiger partial charge in [0.05, 0.1) is 22.6 Å². The Morgan fingerprint density at radius 3 is 2.29 bits per heavy atom. The minimum Gasteiger partial charge on any atom is -0.497 e. The number of amides is 1. The van der Waals surface area contributed by atoms with Gasteiger partial charge in [-0.1, -0.05) is 19.9 Å². The van der Waals surface area contributed by atoms with Gasteiger partial charge in [0.2, 0.25) is 5.91 Å². The summed E-state index contributed by atoms with van der Waals surface area (Å²) in [4.78, 5) is 23.0. The Hall–Kier alpha value is -3.14. The molecule has 0 spiro atoms. The first-order valence-electron chi connectivity index (χ1n) is 9.68. The highest BCUT2D eigenvalue weighted by molar-refractivity contribution is 7.92. The Morgan fingerprint density at radius 1 is 1.16 bits per heavy atom. The molecule has 0 heterocycles. The fourth-order valence-corrected chi connectivity index (χ4v) is 4.18. The van der Waals surface area contributed by atoms with E-state index in [0.717, 1.165) is 10.4 Å². The van der Waals surface area contributed by atoms with E-state index in [1.165, 1.54) is 38.3 Å². The Balaban J connectivity index is 2.51. The molecule has 1 N–H and O–H groups in total. The van der Waals surface area contributed by atoms with Crippen molar-refractivity contribution in [3.05, 3.63) is 58.1 Å². The van der Waals surface area contributed by atoms with Crippen LogP contribution in [0.3, 0.4) is 0 Å². The average molecular weight is 450 g/mol. The van der Waals surface area contributed by atoms with Crippen LogP contribution in [-0.4, -0.2) is 38.9 Å². The number of nitrogens with zero attached hydrogens (tertiary/aromatic N) is 2. The van der Waals surface area contributed by atoms with Crippen LogP contribution in [0.4, 0.5) is 11.4 Å². The Labute approximate surface area is 182 Å². The van der Waals surface area contributed by atoms with Crippen molar-refractivity contribution in [2.24, 2.45) is 5.92 Å². The zero-order valence-corrected chi connectivity index (χ0v) is 19.0. The second-order valence-electron chi connectivity index (χ2n) is 7.52. The summed E-state index contributed by atoms with van der Waals surface area (Å²) in [5.74, 6) is 0.196. The lowest BCUT2D eigenvalue weighted by atomic mass is 10.1. The smallest absolute Gasteiger partial charge is 0.273 e. The minimum absolute atomic E-state index is 0.159. The molecule has 2 aromatic rings. The van der Waals surface area contributed by atoms with Gasteiger partial charge < -0.3 is 10.1 Å². The highest BCUT2D eigenvalue weighted by atomic mass is 32.2. The molecule has 0 aliphatic carbocycles. The molecule has 0 radical (unpaired) electrons. The predicted molar refractivity (Wildman–Crippen MR) is 118 cm³/mol. The summed E-state index contributed by atoms with van der Waals surface area (Å²) in [7, 11) is -2.79. The molecule has 2 rings (SSSR count). The molecule has 168 valence electrons. The lowest BCUT2D eigenvalue weighted by Gasteiger charge is -2.26. The Kier molecular flexibility index (Phi) is 7.61. The SMILES string of the molecule is COc1ccc(N(CC(=O)N[C@@H](C)C(C)C)S(=O)(=O)c2ccc(C)c([N+](=O)[O-])c2)cc1. The fourth-order valence-electron chi connectivity index (χ4n) is 2.73. The molecule has 0 bridgehead atoms. The van der Waals surface area contributed by atoms with Gasteiger partial charge in [-0.3, -0.25) is 19.2 Å². The zero-order chi connectivity index (χ0) is 23.3. The van der Waals surface area contributed by atoms with Crippen molar-refractivity contribution in [1.29, 1.82) is 0 Å². The molecular formula is C21H27N3O6S. The number of nitrogens with one attached hydrogen (secondary N) is 1. The number of hydrogen-bond acceptors (Lipinski definition) is 6. The van der Waals surface area contributed by atoms with Gasteiger partial charge in [-0.15, -0.1) is 0 Å². The molecule has 10 heteroatoms. The van der Waals surface area contributed by atoms with E-state index < -0.39 is 27.4 Å². The molecule has 0 saturated carbocycles. The van der Waals surface area contributed by atoms with E-state index in [9.17, 15) is 23.3 Å². The van der Waals surface area contributed by atoms with Crippen molar-refractivity contribution in [3.63, 3.8) is 0 Å². The van der Waals surface area contributed by atoms with Crippen LogP contribution >= 0.6 is 0 Å². The van der Waals surface area contributed by atoms with E-state index in [1.54, 1.807) is 12.1 Å². The monoisotopic (exact) mass is 449 g/mol. The number of nitro benzene ring substituents is 1. The molecule has 0 aromatic heterocycles. The van der Waals surface area contributed by atoms with Gasteiger partial charge in [-0.25, -0.2) is 8.42 Å². The van der Waals surface area contributed by atoms with Crippen LogP contribution in [0.15, 0.2) is 47.4 Å². The lowest BCUT2D eigenvalue weighted by molar-refractivity contribution is -0.385. The second kappa shape index (κ2) is 9.78. The summed E-state index contributed by atoms with van der Waals surface area (Å²) in [5, 5.41) is 14.1. The second-order valence-corrected chi connectivity index (χ2v) is 9.38. The number of carbonyl (C=O) groups excluding carboxylic acids is 1. The molecule has 31 heavy (non-hydrogen) atoms. The van der Waals surface area contributed by atoms with Crippen molar-refractivity contribution in [3.8, 4) is 5.75 Å². The molecule has 1 atom stereocenters. The Morgan fingerprint density at radius 2 is 1.77 bits per heavy atom. The quantitative estimate of drug-likeness (QED) is 0.464. The summed E-state index contributed by atoms with van der Waals surface area (Å²) in [6.45, 7) is 6.75. The summed E-state index contributed by atoms with van der Waals surface area (Å²) < 4.78 is 32.9. The van der Waals surface area contributed by atoms with Crippen LogP contribution in [0.2, 0.25) is 0 Å². The van der Waals surface area contributed by atoms with E-state index in [4.69, 9.17) is 4.74 Å². The normalized spacial score (nSPS) is 12.3. The van der Waals surface area contributed by atoms with Crippen LogP contribution in [-0.2, 0) is 14.8 Å². The molecule has 9 nitrogen and oxygen atoms in total. The third-order valence-corrected chi connectivity index (χ3v) is 6.77. The van der Waals surface area contributed by atoms with Gasteiger partial charge in [0.15, 0.2) is 0 Å². The van der Waals surface area contributed by atoms with Crippen molar-refractivity contribution >= 4 is 27.3 Å². The first kappa shape index (κ1) is 24.1. The first-order chi connectivity index (χ1) is 14.5. The van der Waals surface area contributed by atoms with E-state index in [0.29, 0.717) is 11.3 Å². The number of hydrogen-bond donors (Lipinski definition) is 1. The number of rotatable bonds is 9. The molecule has 0 aliphatic heterocycles. The number of methoxy groups -OCH3 is 1. The third-order valence-electron chi connectivity index (χ3n) is 5.00. The van der Waals surface area contributed by atoms with E-state index in [2.05, 4.69) is 5.32 Å². The van der Waals surface area contributed by atoms with Crippen molar-refractivity contribution in [2.75, 3.05) is 18.0 Å². The highest BCUT2D eigenvalue weighted by Gasteiger charge is 2.29. The van der Waals surface area contributed by atoms with Gasteiger partial charge >= 0.3 is 0 Å². The molecule has 0 aliphatic rings. The largest absolute Gasteiger partial charge is 0.497 e. The van der Waals surface area contributed by atoms with Crippen molar-refractivity contribution in [2.45, 2.75) is 38.6 Å². The molecular weight excluding hydrogens is 422 g/mol. The number of sulfonamides is 1. The van der Waals surface area contributed by atoms with Crippen LogP contribution < -0.4 is 14.4 Å². The number of nitro groups is 1. The predicted octanol–water partition coefficient (Wildman–Crippen LogP) is 3.27. The summed E-state index contributed by atoms with van der Waals surface area (Å²) >= 11 is 0. The molecule has 2 aromatic carbocycles. The zero-order valence-electron chi connectivity index (χ0n) is 18.2. The summed E-state index contributed by atoms with van der Waals surface area (Å²) in [5.41, 5.74) is 0.258. The fraction of sp³-hybridized carbons (Fsp3) is 0.381. The number of aryl methyl sites for hydroxylation is 1. The van der Waals surface area contributed by atoms with E-state index in [1.807, 2.05) is 20.8 Å². The van der Waals surface area contributed by atoms with Gasteiger partial charge in [0.25, 0.3) is 15.7 Å². The van der Waals surface area contributed by atoms with Crippen LogP contribution in [0.25, 0.3) is 0 Å². The van der Waals surface area contributed by atoms with Crippen LogP contribution in [0.1, 0.15) is 26.3 Å². The maximum absolute atomic E-state index is 13.4. The lowest BCUT2D eigenvalue weighted by Crippen LogP contribution is -2.45. The van der Waals surface area contributed by atoms with E-state index >= 15 is 0 Å². The maximum atomic E-state index is 13.4. The standard InChI is InChI=1S/C21H27N3O6S/c1-14(2)16(4)22-21(25)13-23(17-7-9-18(30-5)10-8-17)31(28,29)19-11-6-15(3)20(12-19)24(26)27/h6-12,14,16H,13H2,1-5H3,(H,22,25)/t16-/m0/s1. The first-order valence-corrected chi connectivity index (χ1v) is 11.1. The Bertz CT molecular complexity index is 1050. The molecule has 0 saturated heterocycles. The number of carbonyl (C=O) groups is 1. The molecule has 1 amide bonds. The maximum Gasteiger partial charge on any atom is 0.273 e. The average Bonchev–Trinajstić information content (AvgIpc) is 2.71. The highest BCUT2D eigenvalue weighted by Crippen LogP contribution is 2.29. The van der Waals surface area contributed by atoms with E-state index in [-0.39, 0.29) is 28.2 Å². The van der Waals surface area contributed by atoms with Gasteiger partial charge in [-0.2, -0.15) is 0 Å². The van der Waals surface area contributed by atoms with Gasteiger partial charge in [-0.05, 0) is 50.1 Å². The minimum atomic E-state index is -4.27. The van der Waals surface area contributed by atoms with Gasteiger partial charge in [0.1, 0.15) is 12.3 Å². The molecule has 0 fully saturated rings. The van der Waals surface area contributed by atoms with Gasteiger partial charge in [0, 0.05) is 17.7 Å². The van der Waals surface area contributed by atoms with Crippen molar-refractivity contribution in [1.82, 2.24) is 5.32 Å².